The number of carbonyl (C=O) groups is 1. The fraction of sp³-hybridized carbons (Fsp3) is 0.500. The summed E-state index contributed by atoms with van der Waals surface area (Å²) in [6.45, 7) is 15.1. The Morgan fingerprint density at radius 2 is 1.82 bits per heavy atom. The number of nitrogens with zero attached hydrogens (tertiary/aromatic N) is 1. The van der Waals surface area contributed by atoms with Crippen LogP contribution in [0.4, 0.5) is 8.78 Å². The minimum atomic E-state index is -2.22. The van der Waals surface area contributed by atoms with Crippen LogP contribution in [0.25, 0.3) is 11.3 Å². The van der Waals surface area contributed by atoms with Crippen molar-refractivity contribution in [2.24, 2.45) is 11.5 Å². The van der Waals surface area contributed by atoms with Crippen molar-refractivity contribution >= 4 is 25.8 Å². The lowest BCUT2D eigenvalue weighted by molar-refractivity contribution is -0.123. The summed E-state index contributed by atoms with van der Waals surface area (Å²) in [4.78, 5) is 16.9. The van der Waals surface area contributed by atoms with Crippen molar-refractivity contribution in [2.75, 3.05) is 13.2 Å². The van der Waals surface area contributed by atoms with E-state index in [9.17, 15) is 18.7 Å². The summed E-state index contributed by atoms with van der Waals surface area (Å²) in [5, 5.41) is 11.2. The Labute approximate surface area is 234 Å². The molecule has 39 heavy (non-hydrogen) atoms. The Bertz CT molecular complexity index is 1380. The molecule has 0 aliphatic carbocycles. The van der Waals surface area contributed by atoms with Gasteiger partial charge < -0.3 is 25.7 Å². The largest absolute Gasteiger partial charge is 0.489 e. The third kappa shape index (κ3) is 5.83. The molecule has 3 rings (SSSR count). The fourth-order valence-corrected chi connectivity index (χ4v) is 5.77. The van der Waals surface area contributed by atoms with Crippen molar-refractivity contribution in [3.8, 4) is 28.8 Å². The third-order valence-electron chi connectivity index (χ3n) is 7.49. The van der Waals surface area contributed by atoms with Crippen LogP contribution in [0, 0.1) is 23.5 Å². The Morgan fingerprint density at radius 1 is 1.21 bits per heavy atom. The molecular weight excluding hydrogens is 544 g/mol. The maximum absolute atomic E-state index is 15.0. The first kappa shape index (κ1) is 31.0. The second-order valence-electron chi connectivity index (χ2n) is 12.2. The molecule has 1 aliphatic heterocycles. The molecule has 1 aliphatic rings. The van der Waals surface area contributed by atoms with E-state index in [1.165, 1.54) is 6.07 Å². The maximum atomic E-state index is 15.0. The van der Waals surface area contributed by atoms with E-state index in [2.05, 4.69) is 50.7 Å². The summed E-state index contributed by atoms with van der Waals surface area (Å²) < 4.78 is 41.1. The number of fused-ring (bicyclic) bond motifs is 1. The van der Waals surface area contributed by atoms with Crippen LogP contribution in [0.2, 0.25) is 23.2 Å². The maximum Gasteiger partial charge on any atom is 0.231 e. The molecule has 11 heteroatoms. The second-order valence-corrected chi connectivity index (χ2v) is 17.3. The van der Waals surface area contributed by atoms with Gasteiger partial charge in [-0.2, -0.15) is 0 Å². The minimum Gasteiger partial charge on any atom is -0.489 e. The lowest BCUT2D eigenvalue weighted by Crippen LogP contribution is -2.47. The van der Waals surface area contributed by atoms with E-state index in [1.807, 2.05) is 0 Å². The summed E-state index contributed by atoms with van der Waals surface area (Å²) >= 11 is 5.95. The molecule has 1 amide bonds. The fourth-order valence-electron chi connectivity index (χ4n) is 3.98. The van der Waals surface area contributed by atoms with Gasteiger partial charge in [-0.25, -0.2) is 13.8 Å². The van der Waals surface area contributed by atoms with Crippen LogP contribution in [0.1, 0.15) is 52.8 Å². The Kier molecular flexibility index (Phi) is 8.04. The van der Waals surface area contributed by atoms with Gasteiger partial charge in [0.25, 0.3) is 0 Å². The lowest BCUT2D eigenvalue weighted by atomic mass is 9.82. The van der Waals surface area contributed by atoms with Crippen molar-refractivity contribution < 1.29 is 27.8 Å². The zero-order valence-electron chi connectivity index (χ0n) is 23.6. The van der Waals surface area contributed by atoms with E-state index in [4.69, 9.17) is 32.2 Å². The first-order valence-electron chi connectivity index (χ1n) is 12.5. The number of hydrogen-bond donors (Lipinski definition) is 3. The Hall–Kier alpha value is -2.55. The van der Waals surface area contributed by atoms with E-state index < -0.39 is 42.5 Å². The zero-order chi connectivity index (χ0) is 29.8. The van der Waals surface area contributed by atoms with E-state index in [-0.39, 0.29) is 51.5 Å². The van der Waals surface area contributed by atoms with Crippen LogP contribution in [-0.2, 0) is 20.2 Å². The highest BCUT2D eigenvalue weighted by molar-refractivity contribution is 6.74. The van der Waals surface area contributed by atoms with Crippen molar-refractivity contribution in [1.29, 1.82) is 0 Å². The molecule has 2 atom stereocenters. The van der Waals surface area contributed by atoms with Crippen LogP contribution in [-0.4, -0.2) is 43.1 Å². The Morgan fingerprint density at radius 3 is 2.36 bits per heavy atom. The summed E-state index contributed by atoms with van der Waals surface area (Å²) in [5.41, 5.74) is 7.31. The topological polar surface area (TPSA) is 121 Å². The number of hydrogen-bond acceptors (Lipinski definition) is 6. The molecule has 7 nitrogen and oxygen atoms in total. The quantitative estimate of drug-likeness (QED) is 0.258. The zero-order valence-corrected chi connectivity index (χ0v) is 25.3. The van der Waals surface area contributed by atoms with Gasteiger partial charge >= 0.3 is 0 Å². The van der Waals surface area contributed by atoms with Crippen molar-refractivity contribution in [3.63, 3.8) is 0 Å². The molecule has 212 valence electrons. The van der Waals surface area contributed by atoms with Gasteiger partial charge in [0, 0.05) is 23.7 Å². The number of carbonyl (C=O) groups excluding carboxylic acids is 1. The molecule has 0 saturated heterocycles. The number of aliphatic hydroxyl groups is 1. The van der Waals surface area contributed by atoms with Gasteiger partial charge in [0.05, 0.1) is 10.7 Å². The SMILES string of the molecule is CC(C)(C#C[C@](O)(CN)c1cc2c(c(-c3cc(Cl)c(F)cc3F)n1)OC[C@]2(C)C(N)=O)O[Si](C)(C)C(C)(C)C. The number of benzene rings is 1. The van der Waals surface area contributed by atoms with E-state index in [0.29, 0.717) is 6.07 Å². The first-order valence-corrected chi connectivity index (χ1v) is 15.8. The smallest absolute Gasteiger partial charge is 0.231 e. The normalized spacial score (nSPS) is 19.0. The monoisotopic (exact) mass is 579 g/mol. The molecule has 0 spiro atoms. The van der Waals surface area contributed by atoms with E-state index in [1.54, 1.807) is 20.8 Å². The van der Waals surface area contributed by atoms with Crippen LogP contribution in [0.5, 0.6) is 5.75 Å². The molecule has 1 aromatic carbocycles. The lowest BCUT2D eigenvalue weighted by Gasteiger charge is -2.41. The van der Waals surface area contributed by atoms with Gasteiger partial charge in [-0.1, -0.05) is 44.2 Å². The first-order chi connectivity index (χ1) is 17.7. The number of aromatic nitrogens is 1. The van der Waals surface area contributed by atoms with Crippen molar-refractivity contribution in [1.82, 2.24) is 4.98 Å². The third-order valence-corrected chi connectivity index (χ3v) is 12.4. The van der Waals surface area contributed by atoms with Crippen molar-refractivity contribution in [3.05, 3.63) is 46.1 Å². The van der Waals surface area contributed by atoms with Gasteiger partial charge in [-0.3, -0.25) is 4.79 Å². The van der Waals surface area contributed by atoms with Crippen LogP contribution >= 0.6 is 11.6 Å². The van der Waals surface area contributed by atoms with Crippen LogP contribution < -0.4 is 16.2 Å². The number of rotatable bonds is 6. The average Bonchev–Trinajstić information content (AvgIpc) is 3.16. The standard InChI is InChI=1S/C28H36ClF2N3O4Si/c1-25(2,3)39(7,8)38-26(4,5)9-10-28(36,14-32)21-12-17-23(37-15-27(17,6)24(33)35)22(34-21)16-11-18(29)20(31)13-19(16)30/h11-13,36H,14-15,32H2,1-8H3,(H2,33,35)/t27-,28-/m0/s1. The number of pyridine rings is 1. The highest BCUT2D eigenvalue weighted by atomic mass is 35.5. The van der Waals surface area contributed by atoms with E-state index >= 15 is 0 Å². The number of ether oxygens (including phenoxy) is 1. The number of primary amides is 1. The van der Waals surface area contributed by atoms with Gasteiger partial charge in [-0.05, 0) is 51.0 Å². The Balaban J connectivity index is 2.24. The van der Waals surface area contributed by atoms with Crippen LogP contribution in [0.15, 0.2) is 18.2 Å². The summed E-state index contributed by atoms with van der Waals surface area (Å²) in [5.74, 6) is 3.26. The molecular formula is C28H36ClF2N3O4Si. The van der Waals surface area contributed by atoms with Gasteiger partial charge in [0.2, 0.25) is 5.91 Å². The summed E-state index contributed by atoms with van der Waals surface area (Å²) in [6.07, 6.45) is 0. The number of amides is 1. The van der Waals surface area contributed by atoms with E-state index in [0.717, 1.165) is 6.07 Å². The number of halogens is 3. The molecule has 2 aromatic rings. The predicted octanol–water partition coefficient (Wildman–Crippen LogP) is 4.77. The summed E-state index contributed by atoms with van der Waals surface area (Å²) in [6, 6.07) is 3.12. The average molecular weight is 580 g/mol. The van der Waals surface area contributed by atoms with Gasteiger partial charge in [0.15, 0.2) is 13.9 Å². The predicted molar refractivity (Wildman–Crippen MR) is 150 cm³/mol. The molecule has 0 fully saturated rings. The molecule has 5 N–H and O–H groups in total. The van der Waals surface area contributed by atoms with Crippen molar-refractivity contribution in [2.45, 2.75) is 76.3 Å². The molecule has 0 radical (unpaired) electrons. The van der Waals surface area contributed by atoms with Crippen LogP contribution in [0.3, 0.4) is 0 Å². The second kappa shape index (κ2) is 10.1. The molecule has 2 heterocycles. The number of nitrogens with two attached hydrogens (primary N) is 2. The molecule has 0 saturated carbocycles. The molecule has 0 bridgehead atoms. The molecule has 1 aromatic heterocycles. The molecule has 0 unspecified atom stereocenters. The summed E-state index contributed by atoms with van der Waals surface area (Å²) in [7, 11) is -2.22. The highest BCUT2D eigenvalue weighted by Gasteiger charge is 2.46. The van der Waals surface area contributed by atoms with Gasteiger partial charge in [0.1, 0.15) is 40.7 Å². The highest BCUT2D eigenvalue weighted by Crippen LogP contribution is 2.46. The van der Waals surface area contributed by atoms with Gasteiger partial charge in [-0.15, -0.1) is 0 Å². The minimum absolute atomic E-state index is 0.0628.